The summed E-state index contributed by atoms with van der Waals surface area (Å²) in [5, 5.41) is 19.3. The molecule has 0 spiro atoms. The average Bonchev–Trinajstić information content (AvgIpc) is 2.67. The van der Waals surface area contributed by atoms with Gasteiger partial charge in [0.25, 0.3) is 0 Å². The Morgan fingerprint density at radius 1 is 0.643 bits per heavy atom. The summed E-state index contributed by atoms with van der Waals surface area (Å²) in [7, 11) is 0. The Kier molecular flexibility index (Phi) is 12.3. The van der Waals surface area contributed by atoms with E-state index in [2.05, 4.69) is 9.47 Å². The van der Waals surface area contributed by atoms with Crippen molar-refractivity contribution in [1.29, 1.82) is 0 Å². The predicted molar refractivity (Wildman–Crippen MR) is 88.0 cm³/mol. The fourth-order valence-electron chi connectivity index (χ4n) is 1.83. The van der Waals surface area contributed by atoms with E-state index < -0.39 is 36.1 Å². The van der Waals surface area contributed by atoms with Crippen molar-refractivity contribution in [2.45, 2.75) is 12.2 Å². The smallest absolute Gasteiger partial charge is 1.00 e. The molecule has 0 saturated heterocycles. The number of aliphatic hydroxyl groups excluding tert-OH is 2. The first-order chi connectivity index (χ1) is 12.4. The molecule has 0 aliphatic carbocycles. The molecular weight excluding hydrogens is 390 g/mol. The predicted octanol–water partition coefficient (Wildman–Crippen LogP) is -5.29. The molecule has 2 aromatic carbocycles. The third-order valence-electron chi connectivity index (χ3n) is 3.19. The standard InChI is InChI=1S/C18H14O8.2Na.2H/c19-13(17(23)25-15(21)11-7-3-1-4-8-11)14(20)18(24)26-16(22)12-9-5-2-6-10-12;;;;/h1-10,13-14,19-20H;;;;/q;2*+1;2*-1. The Morgan fingerprint density at radius 3 is 1.21 bits per heavy atom. The van der Waals surface area contributed by atoms with E-state index in [-0.39, 0.29) is 73.1 Å². The van der Waals surface area contributed by atoms with Crippen LogP contribution in [0.3, 0.4) is 0 Å². The molecule has 0 aromatic heterocycles. The minimum Gasteiger partial charge on any atom is -1.00 e. The quantitative estimate of drug-likeness (QED) is 0.287. The van der Waals surface area contributed by atoms with Crippen LogP contribution in [0, 0.1) is 0 Å². The maximum Gasteiger partial charge on any atom is 1.00 e. The van der Waals surface area contributed by atoms with Gasteiger partial charge in [0.05, 0.1) is 11.1 Å². The number of benzene rings is 2. The Hall–Kier alpha value is -1.36. The molecule has 2 N–H and O–H groups in total. The number of carbonyl (C=O) groups is 4. The fraction of sp³-hybridized carbons (Fsp3) is 0.111. The van der Waals surface area contributed by atoms with E-state index in [4.69, 9.17) is 0 Å². The van der Waals surface area contributed by atoms with Gasteiger partial charge < -0.3 is 22.5 Å². The minimum atomic E-state index is -2.40. The number of hydrogen-bond donors (Lipinski definition) is 2. The first-order valence-corrected chi connectivity index (χ1v) is 7.38. The zero-order valence-electron chi connectivity index (χ0n) is 17.3. The van der Waals surface area contributed by atoms with Crippen LogP contribution in [0.4, 0.5) is 0 Å². The molecule has 0 bridgehead atoms. The van der Waals surface area contributed by atoms with Crippen LogP contribution < -0.4 is 59.1 Å². The molecule has 8 nitrogen and oxygen atoms in total. The van der Waals surface area contributed by atoms with Crippen molar-refractivity contribution in [2.24, 2.45) is 0 Å². The Labute approximate surface area is 207 Å². The van der Waals surface area contributed by atoms with Crippen molar-refractivity contribution in [1.82, 2.24) is 0 Å². The summed E-state index contributed by atoms with van der Waals surface area (Å²) < 4.78 is 8.76. The summed E-state index contributed by atoms with van der Waals surface area (Å²) in [5.74, 6) is -5.27. The van der Waals surface area contributed by atoms with E-state index in [0.717, 1.165) is 0 Å². The van der Waals surface area contributed by atoms with Crippen molar-refractivity contribution in [2.75, 3.05) is 0 Å². The summed E-state index contributed by atoms with van der Waals surface area (Å²) in [6.45, 7) is 0. The monoisotopic (exact) mass is 406 g/mol. The van der Waals surface area contributed by atoms with Gasteiger partial charge in [-0.2, -0.15) is 0 Å². The molecule has 2 atom stereocenters. The number of esters is 4. The Balaban J connectivity index is -0.00000182. The molecule has 0 aliphatic rings. The van der Waals surface area contributed by atoms with E-state index in [9.17, 15) is 29.4 Å². The van der Waals surface area contributed by atoms with Crippen molar-refractivity contribution in [3.05, 3.63) is 71.8 Å². The second-order valence-electron chi connectivity index (χ2n) is 5.04. The van der Waals surface area contributed by atoms with Crippen molar-refractivity contribution >= 4 is 23.9 Å². The second-order valence-corrected chi connectivity index (χ2v) is 5.04. The Bertz CT molecular complexity index is 752. The summed E-state index contributed by atoms with van der Waals surface area (Å²) in [6.07, 6.45) is -4.81. The van der Waals surface area contributed by atoms with Crippen molar-refractivity contribution < 1.29 is 101 Å². The molecule has 0 saturated carbocycles. The maximum absolute atomic E-state index is 11.7. The third-order valence-corrected chi connectivity index (χ3v) is 3.19. The molecule has 0 fully saturated rings. The van der Waals surface area contributed by atoms with E-state index >= 15 is 0 Å². The largest absolute Gasteiger partial charge is 1.00 e. The fourth-order valence-corrected chi connectivity index (χ4v) is 1.83. The van der Waals surface area contributed by atoms with Crippen LogP contribution in [0.5, 0.6) is 0 Å². The zero-order valence-corrected chi connectivity index (χ0v) is 19.3. The van der Waals surface area contributed by atoms with Gasteiger partial charge in [0, 0.05) is 0 Å². The first kappa shape index (κ1) is 26.6. The van der Waals surface area contributed by atoms with Crippen molar-refractivity contribution in [3.8, 4) is 0 Å². The van der Waals surface area contributed by atoms with Crippen LogP contribution in [0.15, 0.2) is 60.7 Å². The maximum atomic E-state index is 11.7. The molecule has 0 heterocycles. The van der Waals surface area contributed by atoms with Gasteiger partial charge in [0.1, 0.15) is 0 Å². The second kappa shape index (κ2) is 13.0. The van der Waals surface area contributed by atoms with Crippen LogP contribution in [-0.4, -0.2) is 46.3 Å². The Morgan fingerprint density at radius 2 is 0.929 bits per heavy atom. The minimum absolute atomic E-state index is 0. The van der Waals surface area contributed by atoms with Gasteiger partial charge in [-0.15, -0.1) is 0 Å². The molecular formula is C18H16Na2O8. The summed E-state index contributed by atoms with van der Waals surface area (Å²) >= 11 is 0. The van der Waals surface area contributed by atoms with Gasteiger partial charge in [0.15, 0.2) is 12.2 Å². The van der Waals surface area contributed by atoms with Gasteiger partial charge in [0.2, 0.25) is 0 Å². The van der Waals surface area contributed by atoms with Gasteiger partial charge in [-0.1, -0.05) is 36.4 Å². The summed E-state index contributed by atoms with van der Waals surface area (Å²) in [4.78, 5) is 46.8. The molecule has 2 aromatic rings. The molecule has 2 rings (SSSR count). The van der Waals surface area contributed by atoms with E-state index in [0.29, 0.717) is 0 Å². The summed E-state index contributed by atoms with van der Waals surface area (Å²) in [6, 6.07) is 14.8. The SMILES string of the molecule is O=C(OC(=O)C(O)C(O)C(=O)OC(=O)c1ccccc1)c1ccccc1.[H-].[H-].[Na+].[Na+]. The molecule has 0 aliphatic heterocycles. The van der Waals surface area contributed by atoms with Crippen LogP contribution in [0.1, 0.15) is 23.6 Å². The zero-order chi connectivity index (χ0) is 19.1. The molecule has 0 amide bonds. The van der Waals surface area contributed by atoms with E-state index in [1.54, 1.807) is 12.1 Å². The van der Waals surface area contributed by atoms with Gasteiger partial charge >= 0.3 is 83.0 Å². The van der Waals surface area contributed by atoms with Crippen LogP contribution >= 0.6 is 0 Å². The first-order valence-electron chi connectivity index (χ1n) is 7.38. The van der Waals surface area contributed by atoms with Gasteiger partial charge in [-0.05, 0) is 24.3 Å². The third kappa shape index (κ3) is 7.57. The van der Waals surface area contributed by atoms with Crippen LogP contribution in [0.25, 0.3) is 0 Å². The molecule has 138 valence electrons. The molecule has 2 unspecified atom stereocenters. The van der Waals surface area contributed by atoms with Crippen LogP contribution in [-0.2, 0) is 19.1 Å². The van der Waals surface area contributed by atoms with E-state index in [1.807, 2.05) is 0 Å². The number of aliphatic hydroxyl groups is 2. The van der Waals surface area contributed by atoms with Crippen molar-refractivity contribution in [3.63, 3.8) is 0 Å². The summed E-state index contributed by atoms with van der Waals surface area (Å²) in [5.41, 5.74) is 0.0637. The molecule has 10 heteroatoms. The number of carbonyl (C=O) groups excluding carboxylic acids is 4. The van der Waals surface area contributed by atoms with Crippen LogP contribution in [0.2, 0.25) is 0 Å². The number of ether oxygens (including phenoxy) is 2. The molecule has 0 radical (unpaired) electrons. The average molecular weight is 406 g/mol. The normalized spacial score (nSPS) is 11.6. The number of hydrogen-bond acceptors (Lipinski definition) is 8. The topological polar surface area (TPSA) is 127 Å². The molecule has 28 heavy (non-hydrogen) atoms. The van der Waals surface area contributed by atoms with Gasteiger partial charge in [-0.25, -0.2) is 19.2 Å². The van der Waals surface area contributed by atoms with Gasteiger partial charge in [-0.3, -0.25) is 0 Å². The van der Waals surface area contributed by atoms with E-state index in [1.165, 1.54) is 48.5 Å². The number of rotatable bonds is 5.